The average molecular weight is 502 g/mol. The third kappa shape index (κ3) is 3.71. The first kappa shape index (κ1) is 21.8. The van der Waals surface area contributed by atoms with Crippen LogP contribution >= 0.6 is 15.9 Å². The third-order valence-electron chi connectivity index (χ3n) is 5.24. The molecule has 1 fully saturated rings. The summed E-state index contributed by atoms with van der Waals surface area (Å²) in [4.78, 5) is 26.9. The molecule has 1 aliphatic rings. The number of hydrogen-bond acceptors (Lipinski definition) is 3. The van der Waals surface area contributed by atoms with Crippen LogP contribution in [0.4, 0.5) is 18.9 Å². The van der Waals surface area contributed by atoms with Crippen molar-refractivity contribution >= 4 is 39.1 Å². The van der Waals surface area contributed by atoms with E-state index in [1.165, 1.54) is 12.1 Å². The number of rotatable bonds is 3. The molecule has 1 heterocycles. The van der Waals surface area contributed by atoms with Gasteiger partial charge in [0, 0.05) is 21.8 Å². The SMILES string of the molecule is Cc1cc(/C(O)=C2\C(=O)C(=O)N(c3ccc(F)c(F)c3)C2c2ccc(F)cc2)ccc1Br. The molecule has 8 heteroatoms. The van der Waals surface area contributed by atoms with Crippen LogP contribution in [0, 0.1) is 24.4 Å². The molecule has 0 saturated carbocycles. The summed E-state index contributed by atoms with van der Waals surface area (Å²) >= 11 is 3.36. The molecule has 0 spiro atoms. The fraction of sp³-hybridized carbons (Fsp3) is 0.0833. The van der Waals surface area contributed by atoms with E-state index in [1.54, 1.807) is 25.1 Å². The maximum absolute atomic E-state index is 13.9. The fourth-order valence-corrected chi connectivity index (χ4v) is 3.89. The lowest BCUT2D eigenvalue weighted by atomic mass is 9.94. The van der Waals surface area contributed by atoms with E-state index >= 15 is 0 Å². The molecule has 1 saturated heterocycles. The normalized spacial score (nSPS) is 17.8. The van der Waals surface area contributed by atoms with E-state index in [0.717, 1.165) is 45.3 Å². The smallest absolute Gasteiger partial charge is 0.300 e. The highest BCUT2D eigenvalue weighted by Gasteiger charge is 2.47. The highest BCUT2D eigenvalue weighted by molar-refractivity contribution is 9.10. The number of ketones is 1. The molecule has 3 aromatic rings. The predicted molar refractivity (Wildman–Crippen MR) is 116 cm³/mol. The van der Waals surface area contributed by atoms with E-state index in [9.17, 15) is 27.9 Å². The van der Waals surface area contributed by atoms with Gasteiger partial charge >= 0.3 is 0 Å². The molecule has 1 atom stereocenters. The molecule has 0 aromatic heterocycles. The van der Waals surface area contributed by atoms with Crippen molar-refractivity contribution < 1.29 is 27.9 Å². The Morgan fingerprint density at radius 2 is 1.62 bits per heavy atom. The number of aliphatic hydroxyl groups excluding tert-OH is 1. The van der Waals surface area contributed by atoms with Gasteiger partial charge in [-0.1, -0.05) is 34.1 Å². The van der Waals surface area contributed by atoms with E-state index in [1.807, 2.05) is 0 Å². The molecule has 1 amide bonds. The minimum absolute atomic E-state index is 0.0774. The van der Waals surface area contributed by atoms with Gasteiger partial charge in [0.25, 0.3) is 11.7 Å². The van der Waals surface area contributed by atoms with Gasteiger partial charge in [0.05, 0.1) is 11.6 Å². The van der Waals surface area contributed by atoms with E-state index in [0.29, 0.717) is 11.1 Å². The molecule has 4 nitrogen and oxygen atoms in total. The molecular weight excluding hydrogens is 487 g/mol. The van der Waals surface area contributed by atoms with Crippen molar-refractivity contribution in [3.63, 3.8) is 0 Å². The van der Waals surface area contributed by atoms with Crippen molar-refractivity contribution in [2.45, 2.75) is 13.0 Å². The molecular formula is C24H15BrF3NO3. The van der Waals surface area contributed by atoms with Crippen LogP contribution in [0.2, 0.25) is 0 Å². The Morgan fingerprint density at radius 1 is 0.938 bits per heavy atom. The van der Waals surface area contributed by atoms with Gasteiger partial charge in [-0.25, -0.2) is 13.2 Å². The quantitative estimate of drug-likeness (QED) is 0.280. The second-order valence-electron chi connectivity index (χ2n) is 7.28. The Labute approximate surface area is 189 Å². The van der Waals surface area contributed by atoms with Crippen LogP contribution in [0.5, 0.6) is 0 Å². The number of benzene rings is 3. The number of Topliss-reactive ketones (excluding diaryl/α,β-unsaturated/α-hetero) is 1. The fourth-order valence-electron chi connectivity index (χ4n) is 3.64. The molecule has 0 radical (unpaired) electrons. The van der Waals surface area contributed by atoms with Crippen molar-refractivity contribution in [1.29, 1.82) is 0 Å². The zero-order chi connectivity index (χ0) is 23.2. The van der Waals surface area contributed by atoms with Crippen molar-refractivity contribution in [3.8, 4) is 0 Å². The topological polar surface area (TPSA) is 57.6 Å². The number of anilines is 1. The molecule has 3 aromatic carbocycles. The Bertz CT molecular complexity index is 1290. The molecule has 1 aliphatic heterocycles. The van der Waals surface area contributed by atoms with Gasteiger partial charge in [-0.05, 0) is 54.4 Å². The Balaban J connectivity index is 1.96. The first-order valence-electron chi connectivity index (χ1n) is 9.47. The summed E-state index contributed by atoms with van der Waals surface area (Å²) in [6, 6.07) is 11.5. The Kier molecular flexibility index (Phi) is 5.64. The first-order valence-corrected chi connectivity index (χ1v) is 10.3. The highest BCUT2D eigenvalue weighted by atomic mass is 79.9. The molecule has 162 valence electrons. The molecule has 32 heavy (non-hydrogen) atoms. The molecule has 0 aliphatic carbocycles. The zero-order valence-corrected chi connectivity index (χ0v) is 18.2. The standard InChI is InChI=1S/C24H15BrF3NO3/c1-12-10-14(4-8-17(12)25)22(30)20-21(13-2-5-15(26)6-3-13)29(24(32)23(20)31)16-7-9-18(27)19(28)11-16/h2-11,21,30H,1H3/b22-20+. The summed E-state index contributed by atoms with van der Waals surface area (Å²) in [5.41, 5.74) is 1.06. The lowest BCUT2D eigenvalue weighted by Gasteiger charge is -2.25. The second kappa shape index (κ2) is 8.27. The van der Waals surface area contributed by atoms with Gasteiger partial charge in [-0.3, -0.25) is 14.5 Å². The van der Waals surface area contributed by atoms with E-state index in [4.69, 9.17) is 0 Å². The monoisotopic (exact) mass is 501 g/mol. The van der Waals surface area contributed by atoms with Crippen LogP contribution < -0.4 is 4.90 Å². The molecule has 1 N–H and O–H groups in total. The minimum Gasteiger partial charge on any atom is -0.507 e. The van der Waals surface area contributed by atoms with Crippen molar-refractivity contribution in [2.24, 2.45) is 0 Å². The largest absolute Gasteiger partial charge is 0.507 e. The van der Waals surface area contributed by atoms with Crippen LogP contribution in [0.3, 0.4) is 0 Å². The van der Waals surface area contributed by atoms with Crippen molar-refractivity contribution in [3.05, 3.63) is 105 Å². The van der Waals surface area contributed by atoms with Crippen LogP contribution in [-0.2, 0) is 9.59 Å². The van der Waals surface area contributed by atoms with Gasteiger partial charge < -0.3 is 5.11 Å². The first-order chi connectivity index (χ1) is 15.2. The van der Waals surface area contributed by atoms with Crippen LogP contribution in [-0.4, -0.2) is 16.8 Å². The molecule has 0 bridgehead atoms. The van der Waals surface area contributed by atoms with Gasteiger partial charge in [0.1, 0.15) is 11.6 Å². The van der Waals surface area contributed by atoms with E-state index < -0.39 is 40.9 Å². The summed E-state index contributed by atoms with van der Waals surface area (Å²) in [6.45, 7) is 1.79. The number of amides is 1. The van der Waals surface area contributed by atoms with Crippen LogP contribution in [0.1, 0.15) is 22.7 Å². The minimum atomic E-state index is -1.20. The lowest BCUT2D eigenvalue weighted by Crippen LogP contribution is -2.29. The van der Waals surface area contributed by atoms with Gasteiger partial charge in [0.15, 0.2) is 11.6 Å². The Morgan fingerprint density at radius 3 is 2.25 bits per heavy atom. The number of carbonyl (C=O) groups is 2. The maximum atomic E-state index is 13.9. The summed E-state index contributed by atoms with van der Waals surface area (Å²) in [5, 5.41) is 11.0. The van der Waals surface area contributed by atoms with Gasteiger partial charge in [-0.15, -0.1) is 0 Å². The number of halogens is 4. The number of aliphatic hydroxyl groups is 1. The summed E-state index contributed by atoms with van der Waals surface area (Å²) < 4.78 is 41.7. The summed E-state index contributed by atoms with van der Waals surface area (Å²) in [5.74, 6) is -5.32. The summed E-state index contributed by atoms with van der Waals surface area (Å²) in [6.07, 6.45) is 0. The maximum Gasteiger partial charge on any atom is 0.300 e. The Hall–Kier alpha value is -3.39. The number of carbonyl (C=O) groups excluding carboxylic acids is 2. The number of hydrogen-bond donors (Lipinski definition) is 1. The number of aryl methyl sites for hydroxylation is 1. The van der Waals surface area contributed by atoms with E-state index in [2.05, 4.69) is 15.9 Å². The summed E-state index contributed by atoms with van der Waals surface area (Å²) in [7, 11) is 0. The third-order valence-corrected chi connectivity index (χ3v) is 6.13. The van der Waals surface area contributed by atoms with Crippen LogP contribution in [0.15, 0.2) is 70.7 Å². The molecule has 1 unspecified atom stereocenters. The average Bonchev–Trinajstić information content (AvgIpc) is 3.03. The van der Waals surface area contributed by atoms with Crippen molar-refractivity contribution in [1.82, 2.24) is 0 Å². The molecule has 4 rings (SSSR count). The van der Waals surface area contributed by atoms with Gasteiger partial charge in [-0.2, -0.15) is 0 Å². The highest BCUT2D eigenvalue weighted by Crippen LogP contribution is 2.42. The van der Waals surface area contributed by atoms with E-state index in [-0.39, 0.29) is 11.3 Å². The second-order valence-corrected chi connectivity index (χ2v) is 8.14. The number of nitrogens with zero attached hydrogens (tertiary/aromatic N) is 1. The van der Waals surface area contributed by atoms with Crippen LogP contribution in [0.25, 0.3) is 5.76 Å². The predicted octanol–water partition coefficient (Wildman–Crippen LogP) is 5.80. The van der Waals surface area contributed by atoms with Gasteiger partial charge in [0.2, 0.25) is 0 Å². The zero-order valence-electron chi connectivity index (χ0n) is 16.6. The van der Waals surface area contributed by atoms with Crippen molar-refractivity contribution in [2.75, 3.05) is 4.90 Å². The lowest BCUT2D eigenvalue weighted by molar-refractivity contribution is -0.132.